The molecule has 3 rings (SSSR count). The van der Waals surface area contributed by atoms with Gasteiger partial charge >= 0.3 is 0 Å². The number of anilines is 2. The predicted octanol–water partition coefficient (Wildman–Crippen LogP) is 3.35. The smallest absolute Gasteiger partial charge is 0.264 e. The third kappa shape index (κ3) is 4.31. The van der Waals surface area contributed by atoms with E-state index in [1.807, 2.05) is 6.07 Å². The van der Waals surface area contributed by atoms with Crippen LogP contribution in [0.3, 0.4) is 0 Å². The van der Waals surface area contributed by atoms with E-state index in [4.69, 9.17) is 0 Å². The van der Waals surface area contributed by atoms with Crippen molar-refractivity contribution in [3.05, 3.63) is 45.1 Å². The average Bonchev–Trinajstić information content (AvgIpc) is 3.22. The fourth-order valence-corrected chi connectivity index (χ4v) is 4.16. The van der Waals surface area contributed by atoms with Gasteiger partial charge in [0.1, 0.15) is 0 Å². The zero-order chi connectivity index (χ0) is 18.7. The zero-order valence-electron chi connectivity index (χ0n) is 14.2. The van der Waals surface area contributed by atoms with Gasteiger partial charge in [0, 0.05) is 31.4 Å². The molecule has 0 unspecified atom stereocenters. The lowest BCUT2D eigenvalue weighted by atomic mass is 10.2. The van der Waals surface area contributed by atoms with Crippen LogP contribution < -0.4 is 10.2 Å². The summed E-state index contributed by atoms with van der Waals surface area (Å²) in [7, 11) is 1.59. The standard InChI is InChI=1S/C18H18BrN3O3S/c1-21(18(25)14-7-8-15(19)26-14)11-16(23)20-12-4-2-5-13(10-12)22-9-3-6-17(22)24/h2,4-5,7-8,10H,3,6,9,11H2,1H3,(H,20,23). The molecule has 1 aliphatic heterocycles. The maximum Gasteiger partial charge on any atom is 0.264 e. The molecule has 0 saturated carbocycles. The fourth-order valence-electron chi connectivity index (χ4n) is 2.78. The molecular formula is C18H18BrN3O3S. The quantitative estimate of drug-likeness (QED) is 0.782. The van der Waals surface area contributed by atoms with E-state index in [1.165, 1.54) is 16.2 Å². The van der Waals surface area contributed by atoms with E-state index in [1.54, 1.807) is 42.3 Å². The number of rotatable bonds is 5. The van der Waals surface area contributed by atoms with Crippen LogP contribution in [0.15, 0.2) is 40.2 Å². The molecule has 0 bridgehead atoms. The summed E-state index contributed by atoms with van der Waals surface area (Å²) < 4.78 is 0.868. The summed E-state index contributed by atoms with van der Waals surface area (Å²) in [4.78, 5) is 40.1. The van der Waals surface area contributed by atoms with Gasteiger partial charge in [-0.15, -0.1) is 11.3 Å². The van der Waals surface area contributed by atoms with Crippen LogP contribution in [0.25, 0.3) is 0 Å². The summed E-state index contributed by atoms with van der Waals surface area (Å²) in [5, 5.41) is 2.79. The van der Waals surface area contributed by atoms with Gasteiger partial charge in [0.25, 0.3) is 5.91 Å². The van der Waals surface area contributed by atoms with Crippen molar-refractivity contribution in [3.8, 4) is 0 Å². The van der Waals surface area contributed by atoms with E-state index in [0.29, 0.717) is 23.5 Å². The predicted molar refractivity (Wildman–Crippen MR) is 106 cm³/mol. The van der Waals surface area contributed by atoms with Crippen molar-refractivity contribution in [1.82, 2.24) is 4.90 Å². The van der Waals surface area contributed by atoms with Crippen LogP contribution >= 0.6 is 27.3 Å². The highest BCUT2D eigenvalue weighted by atomic mass is 79.9. The summed E-state index contributed by atoms with van der Waals surface area (Å²) in [5.41, 5.74) is 1.38. The zero-order valence-corrected chi connectivity index (χ0v) is 16.6. The van der Waals surface area contributed by atoms with Crippen molar-refractivity contribution in [3.63, 3.8) is 0 Å². The third-order valence-corrected chi connectivity index (χ3v) is 5.64. The van der Waals surface area contributed by atoms with Crippen molar-refractivity contribution in [2.75, 3.05) is 30.4 Å². The molecule has 6 nitrogen and oxygen atoms in total. The van der Waals surface area contributed by atoms with Crippen molar-refractivity contribution in [2.24, 2.45) is 0 Å². The van der Waals surface area contributed by atoms with Gasteiger partial charge in [-0.05, 0) is 52.7 Å². The van der Waals surface area contributed by atoms with Gasteiger partial charge in [0.05, 0.1) is 15.2 Å². The Balaban J connectivity index is 1.61. The summed E-state index contributed by atoms with van der Waals surface area (Å²) in [6.45, 7) is 0.644. The van der Waals surface area contributed by atoms with E-state index in [9.17, 15) is 14.4 Å². The number of nitrogens with zero attached hydrogens (tertiary/aromatic N) is 2. The highest BCUT2D eigenvalue weighted by molar-refractivity contribution is 9.11. The Kier molecular flexibility index (Phi) is 5.73. The molecule has 1 aliphatic rings. The molecule has 1 aromatic carbocycles. The molecular weight excluding hydrogens is 418 g/mol. The first-order valence-corrected chi connectivity index (χ1v) is 9.76. The minimum absolute atomic E-state index is 0.0543. The van der Waals surface area contributed by atoms with Crippen LogP contribution in [0.5, 0.6) is 0 Å². The van der Waals surface area contributed by atoms with Crippen LogP contribution in [-0.4, -0.2) is 42.8 Å². The molecule has 0 spiro atoms. The van der Waals surface area contributed by atoms with Gasteiger partial charge in [0.15, 0.2) is 0 Å². The number of amides is 3. The molecule has 2 heterocycles. The highest BCUT2D eigenvalue weighted by Gasteiger charge is 2.22. The number of halogens is 1. The molecule has 1 aromatic heterocycles. The molecule has 3 amide bonds. The van der Waals surface area contributed by atoms with Crippen molar-refractivity contribution >= 4 is 56.4 Å². The molecule has 2 aromatic rings. The Morgan fingerprint density at radius 1 is 1.31 bits per heavy atom. The largest absolute Gasteiger partial charge is 0.332 e. The average molecular weight is 436 g/mol. The number of nitrogens with one attached hydrogen (secondary N) is 1. The van der Waals surface area contributed by atoms with Gasteiger partial charge in [-0.3, -0.25) is 14.4 Å². The lowest BCUT2D eigenvalue weighted by Crippen LogP contribution is -2.34. The third-order valence-electron chi connectivity index (χ3n) is 4.03. The van der Waals surface area contributed by atoms with Gasteiger partial charge in [-0.1, -0.05) is 6.07 Å². The van der Waals surface area contributed by atoms with Crippen LogP contribution in [-0.2, 0) is 9.59 Å². The van der Waals surface area contributed by atoms with E-state index in [2.05, 4.69) is 21.2 Å². The second-order valence-corrected chi connectivity index (χ2v) is 8.48. The van der Waals surface area contributed by atoms with Crippen LogP contribution in [0.4, 0.5) is 11.4 Å². The Morgan fingerprint density at radius 3 is 2.77 bits per heavy atom. The monoisotopic (exact) mass is 435 g/mol. The maximum atomic E-state index is 12.3. The van der Waals surface area contributed by atoms with Crippen molar-refractivity contribution in [2.45, 2.75) is 12.8 Å². The van der Waals surface area contributed by atoms with E-state index in [0.717, 1.165) is 15.9 Å². The molecule has 0 aliphatic carbocycles. The summed E-state index contributed by atoms with van der Waals surface area (Å²) in [5.74, 6) is -0.394. The van der Waals surface area contributed by atoms with Gasteiger partial charge in [-0.25, -0.2) is 0 Å². The first-order valence-electron chi connectivity index (χ1n) is 8.15. The molecule has 26 heavy (non-hydrogen) atoms. The number of likely N-dealkylation sites (N-methyl/N-ethyl adjacent to an activating group) is 1. The minimum Gasteiger partial charge on any atom is -0.332 e. The Labute approximate surface area is 163 Å². The van der Waals surface area contributed by atoms with Crippen LogP contribution in [0, 0.1) is 0 Å². The topological polar surface area (TPSA) is 69.7 Å². The van der Waals surface area contributed by atoms with Crippen molar-refractivity contribution in [1.29, 1.82) is 0 Å². The Bertz CT molecular complexity index is 852. The second-order valence-electron chi connectivity index (χ2n) is 6.01. The van der Waals surface area contributed by atoms with Gasteiger partial charge in [-0.2, -0.15) is 0 Å². The normalized spacial score (nSPS) is 13.8. The molecule has 136 valence electrons. The number of carbonyl (C=O) groups excluding carboxylic acids is 3. The van der Waals surface area contributed by atoms with E-state index < -0.39 is 0 Å². The van der Waals surface area contributed by atoms with Gasteiger partial charge < -0.3 is 15.1 Å². The number of carbonyl (C=O) groups is 3. The van der Waals surface area contributed by atoms with E-state index in [-0.39, 0.29) is 24.3 Å². The minimum atomic E-state index is -0.290. The van der Waals surface area contributed by atoms with E-state index >= 15 is 0 Å². The van der Waals surface area contributed by atoms with Crippen molar-refractivity contribution < 1.29 is 14.4 Å². The Morgan fingerprint density at radius 2 is 2.12 bits per heavy atom. The highest BCUT2D eigenvalue weighted by Crippen LogP contribution is 2.25. The van der Waals surface area contributed by atoms with Gasteiger partial charge in [0.2, 0.25) is 11.8 Å². The maximum absolute atomic E-state index is 12.3. The Hall–Kier alpha value is -2.19. The first-order chi connectivity index (χ1) is 12.4. The summed E-state index contributed by atoms with van der Waals surface area (Å²) in [6, 6.07) is 10.7. The number of thiophene rings is 1. The molecule has 1 saturated heterocycles. The number of hydrogen-bond donors (Lipinski definition) is 1. The summed E-state index contributed by atoms with van der Waals surface area (Å²) in [6.07, 6.45) is 1.41. The molecule has 8 heteroatoms. The van der Waals surface area contributed by atoms with Crippen LogP contribution in [0.2, 0.25) is 0 Å². The fraction of sp³-hybridized carbons (Fsp3) is 0.278. The molecule has 1 N–H and O–H groups in total. The molecule has 0 radical (unpaired) electrons. The molecule has 0 atom stereocenters. The SMILES string of the molecule is CN(CC(=O)Nc1cccc(N2CCCC2=O)c1)C(=O)c1ccc(Br)s1. The summed E-state index contributed by atoms with van der Waals surface area (Å²) >= 11 is 4.65. The van der Waals surface area contributed by atoms with Crippen LogP contribution in [0.1, 0.15) is 22.5 Å². The lowest BCUT2D eigenvalue weighted by molar-refractivity contribution is -0.117. The first kappa shape index (κ1) is 18.6. The number of benzene rings is 1. The molecule has 1 fully saturated rings. The second kappa shape index (κ2) is 8.01. The lowest BCUT2D eigenvalue weighted by Gasteiger charge is -2.18. The number of hydrogen-bond acceptors (Lipinski definition) is 4.